The third-order valence-electron chi connectivity index (χ3n) is 3.20. The van der Waals surface area contributed by atoms with Gasteiger partial charge in [0, 0.05) is 12.1 Å². The second-order valence-electron chi connectivity index (χ2n) is 6.05. The van der Waals surface area contributed by atoms with Gasteiger partial charge in [0.05, 0.1) is 0 Å². The van der Waals surface area contributed by atoms with E-state index >= 15 is 0 Å². The third-order valence-corrected chi connectivity index (χ3v) is 3.20. The molecule has 0 aromatic rings. The van der Waals surface area contributed by atoms with Crippen LogP contribution in [-0.2, 0) is 4.79 Å². The second-order valence-corrected chi connectivity index (χ2v) is 6.05. The van der Waals surface area contributed by atoms with E-state index in [-0.39, 0.29) is 11.5 Å². The van der Waals surface area contributed by atoms with Gasteiger partial charge in [-0.05, 0) is 40.3 Å². The molecule has 0 saturated carbocycles. The van der Waals surface area contributed by atoms with Crippen molar-refractivity contribution in [1.29, 1.82) is 0 Å². The molecule has 0 aromatic heterocycles. The van der Waals surface area contributed by atoms with Crippen LogP contribution in [0.25, 0.3) is 0 Å². The molecule has 0 fully saturated rings. The van der Waals surface area contributed by atoms with E-state index in [1.54, 1.807) is 0 Å². The largest absolute Gasteiger partial charge is 0.480 e. The van der Waals surface area contributed by atoms with Gasteiger partial charge in [-0.15, -0.1) is 0 Å². The van der Waals surface area contributed by atoms with Gasteiger partial charge in [0.2, 0.25) is 0 Å². The zero-order valence-corrected chi connectivity index (χ0v) is 12.8. The van der Waals surface area contributed by atoms with Crippen LogP contribution >= 0.6 is 0 Å². The van der Waals surface area contributed by atoms with Crippen LogP contribution in [0.1, 0.15) is 34.1 Å². The fraction of sp³-hybridized carbons (Fsp3) is 0.846. The minimum absolute atomic E-state index is 0.186. The zero-order chi connectivity index (χ0) is 15.2. The number of hydrogen-bond acceptors (Lipinski definition) is 3. The number of likely N-dealkylation sites (N-methyl/N-ethyl adjacent to an activating group) is 1. The smallest absolute Gasteiger partial charge is 0.326 e. The molecule has 3 N–H and O–H groups in total. The summed E-state index contributed by atoms with van der Waals surface area (Å²) >= 11 is 0. The van der Waals surface area contributed by atoms with Crippen LogP contribution in [0.4, 0.5) is 4.79 Å². The average molecular weight is 273 g/mol. The summed E-state index contributed by atoms with van der Waals surface area (Å²) in [5, 5.41) is 14.2. The van der Waals surface area contributed by atoms with E-state index < -0.39 is 18.0 Å². The molecule has 6 heteroatoms. The number of nitrogens with zero attached hydrogens (tertiary/aromatic N) is 1. The number of carbonyl (C=O) groups is 2. The lowest BCUT2D eigenvalue weighted by atomic mass is 10.0. The van der Waals surface area contributed by atoms with Crippen LogP contribution in [0.2, 0.25) is 0 Å². The van der Waals surface area contributed by atoms with Crippen LogP contribution < -0.4 is 10.6 Å². The van der Waals surface area contributed by atoms with Crippen molar-refractivity contribution in [3.63, 3.8) is 0 Å². The van der Waals surface area contributed by atoms with E-state index in [0.717, 1.165) is 0 Å². The monoisotopic (exact) mass is 273 g/mol. The van der Waals surface area contributed by atoms with Crippen LogP contribution in [0.15, 0.2) is 0 Å². The summed E-state index contributed by atoms with van der Waals surface area (Å²) in [4.78, 5) is 24.7. The number of urea groups is 1. The third kappa shape index (κ3) is 7.00. The van der Waals surface area contributed by atoms with Crippen molar-refractivity contribution in [2.45, 2.75) is 45.7 Å². The number of nitrogens with one attached hydrogen (secondary N) is 2. The molecule has 0 rings (SSSR count). The molecule has 0 heterocycles. The molecule has 2 amide bonds. The van der Waals surface area contributed by atoms with Crippen LogP contribution in [0, 0.1) is 5.92 Å². The summed E-state index contributed by atoms with van der Waals surface area (Å²) in [6.07, 6.45) is 0.416. The Balaban J connectivity index is 4.32. The van der Waals surface area contributed by atoms with Crippen molar-refractivity contribution >= 4 is 12.0 Å². The van der Waals surface area contributed by atoms with E-state index in [4.69, 9.17) is 5.11 Å². The van der Waals surface area contributed by atoms with Gasteiger partial charge >= 0.3 is 12.0 Å². The van der Waals surface area contributed by atoms with E-state index in [0.29, 0.717) is 13.0 Å². The van der Waals surface area contributed by atoms with Gasteiger partial charge < -0.3 is 20.6 Å². The molecule has 0 radical (unpaired) electrons. The van der Waals surface area contributed by atoms with E-state index in [9.17, 15) is 9.59 Å². The first-order chi connectivity index (χ1) is 8.56. The highest BCUT2D eigenvalue weighted by Crippen LogP contribution is 2.08. The van der Waals surface area contributed by atoms with Gasteiger partial charge in [0.1, 0.15) is 6.04 Å². The van der Waals surface area contributed by atoms with Crippen molar-refractivity contribution in [3.8, 4) is 0 Å². The molecule has 0 aliphatic heterocycles. The minimum Gasteiger partial charge on any atom is -0.480 e. The number of carboxylic acid groups (broad SMARTS) is 1. The molecule has 0 aromatic carbocycles. The molecule has 0 unspecified atom stereocenters. The highest BCUT2D eigenvalue weighted by molar-refractivity contribution is 5.82. The Morgan fingerprint density at radius 3 is 2.16 bits per heavy atom. The number of amides is 2. The summed E-state index contributed by atoms with van der Waals surface area (Å²) in [6, 6.07) is -1.29. The van der Waals surface area contributed by atoms with Gasteiger partial charge in [-0.25, -0.2) is 9.59 Å². The maximum absolute atomic E-state index is 11.7. The van der Waals surface area contributed by atoms with E-state index in [1.807, 2.05) is 46.7 Å². The first-order valence-corrected chi connectivity index (χ1v) is 6.51. The number of carboxylic acids is 1. The normalized spacial score (nSPS) is 13.5. The van der Waals surface area contributed by atoms with Crippen LogP contribution in [-0.4, -0.2) is 54.2 Å². The molecular weight excluding hydrogens is 246 g/mol. The Labute approximate surface area is 115 Å². The lowest BCUT2D eigenvalue weighted by Crippen LogP contribution is -2.53. The minimum atomic E-state index is -1.00. The molecule has 1 atom stereocenters. The Morgan fingerprint density at radius 2 is 1.79 bits per heavy atom. The first kappa shape index (κ1) is 17.7. The van der Waals surface area contributed by atoms with Crippen molar-refractivity contribution in [1.82, 2.24) is 15.5 Å². The summed E-state index contributed by atoms with van der Waals surface area (Å²) in [6.45, 7) is 8.28. The molecule has 0 spiro atoms. The van der Waals surface area contributed by atoms with Crippen LogP contribution in [0.5, 0.6) is 0 Å². The zero-order valence-electron chi connectivity index (χ0n) is 12.8. The Bertz CT molecular complexity index is 314. The molecule has 0 bridgehead atoms. The Kier molecular flexibility index (Phi) is 6.83. The van der Waals surface area contributed by atoms with Gasteiger partial charge in [-0.2, -0.15) is 0 Å². The van der Waals surface area contributed by atoms with Gasteiger partial charge in [0.25, 0.3) is 0 Å². The fourth-order valence-electron chi connectivity index (χ4n) is 1.36. The predicted molar refractivity (Wildman–Crippen MR) is 75.2 cm³/mol. The fourth-order valence-corrected chi connectivity index (χ4v) is 1.36. The lowest BCUT2D eigenvalue weighted by Gasteiger charge is -2.32. The standard InChI is InChI=1S/C13H27N3O3/c1-9(2)7-10(11(17)18)15-12(19)14-8-13(3,4)16(5)6/h9-10H,7-8H2,1-6H3,(H,17,18)(H2,14,15,19)/t10-/m1/s1. The molecular formula is C13H27N3O3. The van der Waals surface area contributed by atoms with Crippen molar-refractivity contribution in [3.05, 3.63) is 0 Å². The van der Waals surface area contributed by atoms with Crippen molar-refractivity contribution < 1.29 is 14.7 Å². The molecule has 0 aliphatic rings. The number of carbonyl (C=O) groups excluding carboxylic acids is 1. The maximum atomic E-state index is 11.7. The van der Waals surface area contributed by atoms with Crippen molar-refractivity contribution in [2.24, 2.45) is 5.92 Å². The average Bonchev–Trinajstić information content (AvgIpc) is 2.24. The summed E-state index contributed by atoms with van der Waals surface area (Å²) in [5.74, 6) is -0.796. The number of hydrogen-bond donors (Lipinski definition) is 3. The molecule has 0 saturated heterocycles. The molecule has 112 valence electrons. The summed E-state index contributed by atoms with van der Waals surface area (Å²) < 4.78 is 0. The highest BCUT2D eigenvalue weighted by atomic mass is 16.4. The SMILES string of the molecule is CC(C)C[C@@H](NC(=O)NCC(C)(C)N(C)C)C(=O)O. The predicted octanol–water partition coefficient (Wildman–Crippen LogP) is 1.13. The highest BCUT2D eigenvalue weighted by Gasteiger charge is 2.24. The molecule has 6 nitrogen and oxygen atoms in total. The maximum Gasteiger partial charge on any atom is 0.326 e. The topological polar surface area (TPSA) is 81.7 Å². The number of aliphatic carboxylic acids is 1. The van der Waals surface area contributed by atoms with Gasteiger partial charge in [0.15, 0.2) is 0 Å². The number of rotatable bonds is 7. The van der Waals surface area contributed by atoms with Crippen molar-refractivity contribution in [2.75, 3.05) is 20.6 Å². The molecule has 19 heavy (non-hydrogen) atoms. The Morgan fingerprint density at radius 1 is 1.26 bits per heavy atom. The first-order valence-electron chi connectivity index (χ1n) is 6.51. The lowest BCUT2D eigenvalue weighted by molar-refractivity contribution is -0.139. The van der Waals surface area contributed by atoms with Gasteiger partial charge in [-0.1, -0.05) is 13.8 Å². The quantitative estimate of drug-likeness (QED) is 0.649. The summed E-state index contributed by atoms with van der Waals surface area (Å²) in [7, 11) is 3.86. The molecule has 0 aliphatic carbocycles. The Hall–Kier alpha value is -1.30. The van der Waals surface area contributed by atoms with E-state index in [1.165, 1.54) is 0 Å². The van der Waals surface area contributed by atoms with Crippen LogP contribution in [0.3, 0.4) is 0 Å². The van der Waals surface area contributed by atoms with E-state index in [2.05, 4.69) is 10.6 Å². The second kappa shape index (κ2) is 7.33. The van der Waals surface area contributed by atoms with Gasteiger partial charge in [-0.3, -0.25) is 0 Å². The summed E-state index contributed by atoms with van der Waals surface area (Å²) in [5.41, 5.74) is -0.186.